The van der Waals surface area contributed by atoms with E-state index < -0.39 is 0 Å². The molecule has 0 saturated heterocycles. The zero-order valence-corrected chi connectivity index (χ0v) is 11.2. The van der Waals surface area contributed by atoms with Crippen LogP contribution in [0.25, 0.3) is 0 Å². The summed E-state index contributed by atoms with van der Waals surface area (Å²) in [5, 5.41) is 2.78. The van der Waals surface area contributed by atoms with Crippen molar-refractivity contribution in [1.82, 2.24) is 0 Å². The second kappa shape index (κ2) is 5.73. The fourth-order valence-electron chi connectivity index (χ4n) is 2.00. The third kappa shape index (κ3) is 2.86. The second-order valence-electron chi connectivity index (χ2n) is 4.42. The van der Waals surface area contributed by atoms with Crippen molar-refractivity contribution < 1.29 is 14.3 Å². The van der Waals surface area contributed by atoms with Gasteiger partial charge in [0, 0.05) is 24.7 Å². The van der Waals surface area contributed by atoms with Crippen LogP contribution in [0.2, 0.25) is 0 Å². The Bertz CT molecular complexity index is 499. The number of nitrogens with zero attached hydrogens (tertiary/aromatic N) is 1. The molecule has 0 aliphatic carbocycles. The van der Waals surface area contributed by atoms with Crippen LogP contribution in [0.4, 0.5) is 11.4 Å². The Hall–Kier alpha value is -2.04. The Morgan fingerprint density at radius 1 is 1.42 bits per heavy atom. The Morgan fingerprint density at radius 3 is 2.89 bits per heavy atom. The molecule has 0 fully saturated rings. The summed E-state index contributed by atoms with van der Waals surface area (Å²) in [6.07, 6.45) is 1.32. The first-order valence-electron chi connectivity index (χ1n) is 6.52. The first kappa shape index (κ1) is 13.4. The SMILES string of the molecule is CCCN1C(=O)COc2cc(NC(=O)CC)ccc21. The highest BCUT2D eigenvalue weighted by Crippen LogP contribution is 2.34. The van der Waals surface area contributed by atoms with Gasteiger partial charge in [0.2, 0.25) is 5.91 Å². The van der Waals surface area contributed by atoms with Crippen LogP contribution in [0.5, 0.6) is 5.75 Å². The number of carbonyl (C=O) groups is 2. The normalized spacial score (nSPS) is 13.8. The lowest BCUT2D eigenvalue weighted by Gasteiger charge is -2.29. The van der Waals surface area contributed by atoms with E-state index in [1.807, 2.05) is 13.0 Å². The molecule has 102 valence electrons. The fraction of sp³-hybridized carbons (Fsp3) is 0.429. The lowest BCUT2D eigenvalue weighted by atomic mass is 10.2. The molecule has 1 N–H and O–H groups in total. The molecule has 1 heterocycles. The molecule has 0 atom stereocenters. The summed E-state index contributed by atoms with van der Waals surface area (Å²) < 4.78 is 5.43. The molecule has 1 aliphatic rings. The molecule has 0 radical (unpaired) electrons. The van der Waals surface area contributed by atoms with Gasteiger partial charge in [0.05, 0.1) is 5.69 Å². The van der Waals surface area contributed by atoms with Gasteiger partial charge in [0.15, 0.2) is 6.61 Å². The molecular formula is C14H18N2O3. The van der Waals surface area contributed by atoms with Crippen LogP contribution in [-0.4, -0.2) is 25.0 Å². The van der Waals surface area contributed by atoms with Gasteiger partial charge in [-0.1, -0.05) is 13.8 Å². The minimum atomic E-state index is -0.0442. The summed E-state index contributed by atoms with van der Waals surface area (Å²) >= 11 is 0. The van der Waals surface area contributed by atoms with Gasteiger partial charge in [-0.3, -0.25) is 9.59 Å². The van der Waals surface area contributed by atoms with Gasteiger partial charge in [-0.2, -0.15) is 0 Å². The number of hydrogen-bond donors (Lipinski definition) is 1. The van der Waals surface area contributed by atoms with Crippen LogP contribution in [-0.2, 0) is 9.59 Å². The minimum absolute atomic E-state index is 0.0281. The van der Waals surface area contributed by atoms with Crippen LogP contribution >= 0.6 is 0 Å². The van der Waals surface area contributed by atoms with Gasteiger partial charge in [0.1, 0.15) is 5.75 Å². The highest BCUT2D eigenvalue weighted by atomic mass is 16.5. The molecule has 2 rings (SSSR count). The molecule has 1 aromatic rings. The van der Waals surface area contributed by atoms with Crippen molar-refractivity contribution in [3.8, 4) is 5.75 Å². The third-order valence-corrected chi connectivity index (χ3v) is 2.95. The molecule has 5 heteroatoms. The van der Waals surface area contributed by atoms with Crippen LogP contribution in [0.1, 0.15) is 26.7 Å². The number of anilines is 2. The summed E-state index contributed by atoms with van der Waals surface area (Å²) in [6.45, 7) is 4.55. The molecule has 0 unspecified atom stereocenters. The van der Waals surface area contributed by atoms with E-state index >= 15 is 0 Å². The maximum absolute atomic E-state index is 11.8. The molecule has 0 bridgehead atoms. The number of nitrogens with one attached hydrogen (secondary N) is 1. The maximum atomic E-state index is 11.8. The lowest BCUT2D eigenvalue weighted by Crippen LogP contribution is -2.39. The number of hydrogen-bond acceptors (Lipinski definition) is 3. The van der Waals surface area contributed by atoms with Crippen molar-refractivity contribution in [3.05, 3.63) is 18.2 Å². The second-order valence-corrected chi connectivity index (χ2v) is 4.42. The summed E-state index contributed by atoms with van der Waals surface area (Å²) in [6, 6.07) is 5.36. The largest absolute Gasteiger partial charge is 0.481 e. The van der Waals surface area contributed by atoms with E-state index in [4.69, 9.17) is 4.74 Å². The fourth-order valence-corrected chi connectivity index (χ4v) is 2.00. The van der Waals surface area contributed by atoms with E-state index in [0.29, 0.717) is 24.4 Å². The van der Waals surface area contributed by atoms with Gasteiger partial charge in [-0.25, -0.2) is 0 Å². The van der Waals surface area contributed by atoms with Crippen LogP contribution in [0, 0.1) is 0 Å². The molecule has 1 aromatic carbocycles. The Balaban J connectivity index is 2.25. The molecule has 0 spiro atoms. The van der Waals surface area contributed by atoms with Crippen molar-refractivity contribution in [2.75, 3.05) is 23.4 Å². The zero-order valence-electron chi connectivity index (χ0n) is 11.2. The topological polar surface area (TPSA) is 58.6 Å². The smallest absolute Gasteiger partial charge is 0.265 e. The van der Waals surface area contributed by atoms with Crippen molar-refractivity contribution in [2.24, 2.45) is 0 Å². The van der Waals surface area contributed by atoms with Crippen molar-refractivity contribution >= 4 is 23.2 Å². The van der Waals surface area contributed by atoms with E-state index in [2.05, 4.69) is 5.32 Å². The van der Waals surface area contributed by atoms with Crippen LogP contribution in [0.15, 0.2) is 18.2 Å². The Morgan fingerprint density at radius 2 is 2.21 bits per heavy atom. The summed E-state index contributed by atoms with van der Waals surface area (Å²) in [4.78, 5) is 24.9. The summed E-state index contributed by atoms with van der Waals surface area (Å²) in [5.41, 5.74) is 1.46. The van der Waals surface area contributed by atoms with Gasteiger partial charge in [-0.05, 0) is 18.6 Å². The zero-order chi connectivity index (χ0) is 13.8. The molecule has 19 heavy (non-hydrogen) atoms. The third-order valence-electron chi connectivity index (χ3n) is 2.95. The Kier molecular flexibility index (Phi) is 4.04. The predicted molar refractivity (Wildman–Crippen MR) is 73.5 cm³/mol. The number of fused-ring (bicyclic) bond motifs is 1. The number of carbonyl (C=O) groups excluding carboxylic acids is 2. The highest BCUT2D eigenvalue weighted by Gasteiger charge is 2.24. The van der Waals surface area contributed by atoms with E-state index in [1.165, 1.54) is 0 Å². The molecule has 0 saturated carbocycles. The van der Waals surface area contributed by atoms with Gasteiger partial charge >= 0.3 is 0 Å². The number of benzene rings is 1. The maximum Gasteiger partial charge on any atom is 0.265 e. The van der Waals surface area contributed by atoms with Crippen LogP contribution < -0.4 is 15.0 Å². The first-order valence-corrected chi connectivity index (χ1v) is 6.52. The molecule has 1 aliphatic heterocycles. The minimum Gasteiger partial charge on any atom is -0.481 e. The lowest BCUT2D eigenvalue weighted by molar-refractivity contribution is -0.121. The van der Waals surface area contributed by atoms with E-state index in [1.54, 1.807) is 24.0 Å². The first-order chi connectivity index (χ1) is 9.15. The van der Waals surface area contributed by atoms with Crippen molar-refractivity contribution in [3.63, 3.8) is 0 Å². The van der Waals surface area contributed by atoms with E-state index in [0.717, 1.165) is 12.1 Å². The van der Waals surface area contributed by atoms with Gasteiger partial charge in [-0.15, -0.1) is 0 Å². The summed E-state index contributed by atoms with van der Waals surface area (Å²) in [5.74, 6) is 0.568. The van der Waals surface area contributed by atoms with E-state index in [9.17, 15) is 9.59 Å². The Labute approximate surface area is 112 Å². The number of rotatable bonds is 4. The predicted octanol–water partition coefficient (Wildman–Crippen LogP) is 2.17. The molecule has 5 nitrogen and oxygen atoms in total. The molecule has 0 aromatic heterocycles. The average molecular weight is 262 g/mol. The van der Waals surface area contributed by atoms with Crippen molar-refractivity contribution in [2.45, 2.75) is 26.7 Å². The molecular weight excluding hydrogens is 244 g/mol. The monoisotopic (exact) mass is 262 g/mol. The van der Waals surface area contributed by atoms with Crippen LogP contribution in [0.3, 0.4) is 0 Å². The van der Waals surface area contributed by atoms with Gasteiger partial charge in [0.25, 0.3) is 5.91 Å². The highest BCUT2D eigenvalue weighted by molar-refractivity contribution is 5.99. The molecule has 2 amide bonds. The quantitative estimate of drug-likeness (QED) is 0.904. The average Bonchev–Trinajstić information content (AvgIpc) is 2.42. The van der Waals surface area contributed by atoms with Gasteiger partial charge < -0.3 is 15.0 Å². The standard InChI is InChI=1S/C14H18N2O3/c1-3-7-16-11-6-5-10(15-13(17)4-2)8-12(11)19-9-14(16)18/h5-6,8H,3-4,7,9H2,1-2H3,(H,15,17). The summed E-state index contributed by atoms with van der Waals surface area (Å²) in [7, 11) is 0. The number of amides is 2. The van der Waals surface area contributed by atoms with E-state index in [-0.39, 0.29) is 18.4 Å². The number of ether oxygens (including phenoxy) is 1. The van der Waals surface area contributed by atoms with Crippen molar-refractivity contribution in [1.29, 1.82) is 0 Å².